The third-order valence-electron chi connectivity index (χ3n) is 6.32. The lowest BCUT2D eigenvalue weighted by molar-refractivity contribution is -0.0444. The topological polar surface area (TPSA) is 133 Å². The third-order valence-corrected chi connectivity index (χ3v) is 8.33. The Hall–Kier alpha value is -2.01. The third kappa shape index (κ3) is 3.14. The standard InChI is InChI=1S/C19H25N5O4S/c1-2-10-7-11(23-29(27,28)12-3-4-12)8-13(10)18-22-16(19(25)26)15-9-21-17-14(24(15)18)5-6-20-17/h5-6,9-13,19-20,23,25-26H,2-4,7-8H2,1H3/t10-,11+,13+/m1/s1. The van der Waals surface area contributed by atoms with Crippen LogP contribution in [0.5, 0.6) is 0 Å². The number of nitrogens with zero attached hydrogens (tertiary/aromatic N) is 3. The van der Waals surface area contributed by atoms with E-state index in [1.165, 1.54) is 0 Å². The van der Waals surface area contributed by atoms with Crippen molar-refractivity contribution in [2.45, 2.75) is 62.5 Å². The second kappa shape index (κ2) is 6.76. The molecule has 4 N–H and O–H groups in total. The number of sulfonamides is 1. The number of aliphatic hydroxyl groups excluding tert-OH is 1. The lowest BCUT2D eigenvalue weighted by atomic mass is 9.93. The molecule has 2 fully saturated rings. The second-order valence-corrected chi connectivity index (χ2v) is 10.2. The minimum Gasteiger partial charge on any atom is -0.363 e. The maximum atomic E-state index is 12.4. The summed E-state index contributed by atoms with van der Waals surface area (Å²) >= 11 is 0. The first-order chi connectivity index (χ1) is 13.9. The van der Waals surface area contributed by atoms with Crippen LogP contribution in [0, 0.1) is 5.92 Å². The number of H-pyrrole nitrogens is 1. The summed E-state index contributed by atoms with van der Waals surface area (Å²) in [6, 6.07) is 1.76. The molecule has 0 aliphatic heterocycles. The van der Waals surface area contributed by atoms with Crippen molar-refractivity contribution in [1.82, 2.24) is 24.1 Å². The minimum absolute atomic E-state index is 0.00685. The molecule has 3 heterocycles. The summed E-state index contributed by atoms with van der Waals surface area (Å²) in [5.74, 6) is 0.987. The van der Waals surface area contributed by atoms with E-state index in [2.05, 4.69) is 26.6 Å². The Kier molecular flexibility index (Phi) is 4.43. The highest BCUT2D eigenvalue weighted by Gasteiger charge is 2.42. The molecule has 0 bridgehead atoms. The van der Waals surface area contributed by atoms with Gasteiger partial charge in [-0.2, -0.15) is 0 Å². The molecule has 2 saturated carbocycles. The Morgan fingerprint density at radius 3 is 2.79 bits per heavy atom. The van der Waals surface area contributed by atoms with E-state index < -0.39 is 16.3 Å². The summed E-state index contributed by atoms with van der Waals surface area (Å²) in [6.45, 7) is 2.10. The van der Waals surface area contributed by atoms with Crippen LogP contribution in [0.1, 0.15) is 62.8 Å². The van der Waals surface area contributed by atoms with Gasteiger partial charge in [-0.3, -0.25) is 4.40 Å². The highest BCUT2D eigenvalue weighted by Crippen LogP contribution is 2.43. The zero-order valence-electron chi connectivity index (χ0n) is 16.1. The quantitative estimate of drug-likeness (QED) is 0.448. The molecule has 0 amide bonds. The molecule has 0 aromatic carbocycles. The van der Waals surface area contributed by atoms with Crippen molar-refractivity contribution < 1.29 is 18.6 Å². The molecule has 2 aliphatic rings. The summed E-state index contributed by atoms with van der Waals surface area (Å²) < 4.78 is 29.7. The van der Waals surface area contributed by atoms with Crippen molar-refractivity contribution in [1.29, 1.82) is 0 Å². The smallest absolute Gasteiger partial charge is 0.214 e. The van der Waals surface area contributed by atoms with Crippen LogP contribution < -0.4 is 4.72 Å². The Balaban J connectivity index is 1.57. The zero-order chi connectivity index (χ0) is 20.3. The molecule has 0 unspecified atom stereocenters. The number of aliphatic hydroxyl groups is 2. The Morgan fingerprint density at radius 2 is 2.10 bits per heavy atom. The average Bonchev–Trinajstić information content (AvgIpc) is 3.14. The summed E-state index contributed by atoms with van der Waals surface area (Å²) in [7, 11) is -3.26. The van der Waals surface area contributed by atoms with Gasteiger partial charge in [-0.25, -0.2) is 23.1 Å². The van der Waals surface area contributed by atoms with Gasteiger partial charge < -0.3 is 15.2 Å². The van der Waals surface area contributed by atoms with Crippen LogP contribution >= 0.6 is 0 Å². The van der Waals surface area contributed by atoms with Crippen LogP contribution in [0.15, 0.2) is 18.5 Å². The molecule has 0 radical (unpaired) electrons. The van der Waals surface area contributed by atoms with Gasteiger partial charge in [0.05, 0.1) is 22.5 Å². The van der Waals surface area contributed by atoms with Crippen LogP contribution in [0.2, 0.25) is 0 Å². The highest BCUT2D eigenvalue weighted by molar-refractivity contribution is 7.90. The van der Waals surface area contributed by atoms with E-state index in [0.29, 0.717) is 17.6 Å². The maximum absolute atomic E-state index is 12.4. The van der Waals surface area contributed by atoms with E-state index in [9.17, 15) is 18.6 Å². The number of hydrogen-bond acceptors (Lipinski definition) is 6. The fourth-order valence-electron chi connectivity index (χ4n) is 4.74. The number of fused-ring (bicyclic) bond motifs is 3. The van der Waals surface area contributed by atoms with Gasteiger partial charge in [0.1, 0.15) is 11.5 Å². The Bertz CT molecular complexity index is 1160. The van der Waals surface area contributed by atoms with Crippen LogP contribution in [0.4, 0.5) is 0 Å². The van der Waals surface area contributed by atoms with Crippen molar-refractivity contribution in [3.63, 3.8) is 0 Å². The van der Waals surface area contributed by atoms with Crippen molar-refractivity contribution in [3.8, 4) is 0 Å². The molecule has 3 aromatic heterocycles. The predicted molar refractivity (Wildman–Crippen MR) is 107 cm³/mol. The second-order valence-electron chi connectivity index (χ2n) is 8.22. The molecule has 29 heavy (non-hydrogen) atoms. The van der Waals surface area contributed by atoms with Crippen LogP contribution in [0.25, 0.3) is 16.7 Å². The van der Waals surface area contributed by atoms with E-state index in [-0.39, 0.29) is 28.8 Å². The Labute approximate surface area is 168 Å². The first kappa shape index (κ1) is 19.0. The van der Waals surface area contributed by atoms with Gasteiger partial charge in [0.15, 0.2) is 11.9 Å². The first-order valence-electron chi connectivity index (χ1n) is 10.1. The van der Waals surface area contributed by atoms with Gasteiger partial charge in [-0.1, -0.05) is 13.3 Å². The molecule has 9 nitrogen and oxygen atoms in total. The minimum atomic E-state index is -3.26. The molecule has 156 valence electrons. The number of rotatable bonds is 6. The molecular weight excluding hydrogens is 394 g/mol. The molecular formula is C19H25N5O4S. The average molecular weight is 420 g/mol. The van der Waals surface area contributed by atoms with E-state index in [4.69, 9.17) is 0 Å². The van der Waals surface area contributed by atoms with Gasteiger partial charge in [0, 0.05) is 18.2 Å². The lowest BCUT2D eigenvalue weighted by Gasteiger charge is -2.17. The van der Waals surface area contributed by atoms with Crippen LogP contribution in [-0.4, -0.2) is 49.3 Å². The van der Waals surface area contributed by atoms with Crippen LogP contribution in [0.3, 0.4) is 0 Å². The fraction of sp³-hybridized carbons (Fsp3) is 0.579. The van der Waals surface area contributed by atoms with Gasteiger partial charge in [-0.15, -0.1) is 0 Å². The maximum Gasteiger partial charge on any atom is 0.214 e. The normalized spacial score (nSPS) is 25.6. The summed E-state index contributed by atoms with van der Waals surface area (Å²) in [4.78, 5) is 12.0. The number of nitrogens with one attached hydrogen (secondary N) is 2. The first-order valence-corrected chi connectivity index (χ1v) is 11.6. The molecule has 0 saturated heterocycles. The fourth-order valence-corrected chi connectivity index (χ4v) is 6.35. The molecule has 0 spiro atoms. The number of aromatic amines is 1. The molecule has 3 atom stereocenters. The van der Waals surface area contributed by atoms with Gasteiger partial charge in [0.25, 0.3) is 0 Å². The van der Waals surface area contributed by atoms with Gasteiger partial charge >= 0.3 is 0 Å². The van der Waals surface area contributed by atoms with Gasteiger partial charge in [0.2, 0.25) is 10.0 Å². The molecule has 5 rings (SSSR count). The largest absolute Gasteiger partial charge is 0.363 e. The summed E-state index contributed by atoms with van der Waals surface area (Å²) in [6.07, 6.45) is 5.43. The number of hydrogen-bond donors (Lipinski definition) is 4. The molecule has 10 heteroatoms. The van der Waals surface area contributed by atoms with Crippen molar-refractivity contribution in [2.75, 3.05) is 0 Å². The molecule has 2 aliphatic carbocycles. The van der Waals surface area contributed by atoms with Crippen molar-refractivity contribution >= 4 is 26.7 Å². The van der Waals surface area contributed by atoms with Crippen molar-refractivity contribution in [2.24, 2.45) is 5.92 Å². The van der Waals surface area contributed by atoms with Gasteiger partial charge in [-0.05, 0) is 37.7 Å². The highest BCUT2D eigenvalue weighted by atomic mass is 32.2. The number of imidazole rings is 1. The number of aromatic nitrogens is 4. The van der Waals surface area contributed by atoms with Crippen molar-refractivity contribution in [3.05, 3.63) is 30.0 Å². The molecule has 3 aromatic rings. The Morgan fingerprint density at radius 1 is 1.31 bits per heavy atom. The zero-order valence-corrected chi connectivity index (χ0v) is 16.9. The summed E-state index contributed by atoms with van der Waals surface area (Å²) in [5, 5.41) is 19.5. The predicted octanol–water partition coefficient (Wildman–Crippen LogP) is 1.55. The van der Waals surface area contributed by atoms with Crippen LogP contribution in [-0.2, 0) is 10.0 Å². The van der Waals surface area contributed by atoms with E-state index in [0.717, 1.165) is 37.0 Å². The van der Waals surface area contributed by atoms with E-state index in [1.54, 1.807) is 12.4 Å². The summed E-state index contributed by atoms with van der Waals surface area (Å²) in [5.41, 5.74) is 2.23. The SMILES string of the molecule is CC[C@@H]1C[C@H](NS(=O)(=O)C2CC2)C[C@@H]1c1nc(C(O)O)c2cnc3[nH]ccc3n12. The van der Waals surface area contributed by atoms with E-state index >= 15 is 0 Å². The van der Waals surface area contributed by atoms with E-state index in [1.807, 2.05) is 10.5 Å². The monoisotopic (exact) mass is 419 g/mol. The lowest BCUT2D eigenvalue weighted by Crippen LogP contribution is -2.35.